The molecule has 0 spiro atoms. The molecule has 1 atom stereocenters. The number of benzene rings is 2. The predicted molar refractivity (Wildman–Crippen MR) is 97.9 cm³/mol. The van der Waals surface area contributed by atoms with Crippen LogP contribution in [0.3, 0.4) is 0 Å². The minimum atomic E-state index is 0.141. The molecule has 6 heteroatoms. The van der Waals surface area contributed by atoms with E-state index in [9.17, 15) is 0 Å². The van der Waals surface area contributed by atoms with E-state index in [4.69, 9.17) is 14.0 Å². The van der Waals surface area contributed by atoms with Crippen molar-refractivity contribution in [2.75, 3.05) is 14.2 Å². The maximum atomic E-state index is 5.64. The van der Waals surface area contributed by atoms with Crippen LogP contribution >= 0.6 is 0 Å². The topological polar surface area (TPSA) is 60.6 Å². The molecule has 0 unspecified atom stereocenters. The molecular weight excluding hydrogens is 330 g/mol. The Hall–Kier alpha value is -2.86. The van der Waals surface area contributed by atoms with Gasteiger partial charge < -0.3 is 14.0 Å². The molecule has 0 saturated heterocycles. The Kier molecular flexibility index (Phi) is 5.86. The fourth-order valence-electron chi connectivity index (χ4n) is 2.68. The van der Waals surface area contributed by atoms with Gasteiger partial charge in [0.1, 0.15) is 11.5 Å². The molecule has 1 heterocycles. The highest BCUT2D eigenvalue weighted by Gasteiger charge is 2.18. The minimum Gasteiger partial charge on any atom is -0.496 e. The summed E-state index contributed by atoms with van der Waals surface area (Å²) >= 11 is 0. The van der Waals surface area contributed by atoms with Crippen molar-refractivity contribution in [3.63, 3.8) is 0 Å². The first-order valence-corrected chi connectivity index (χ1v) is 8.50. The van der Waals surface area contributed by atoms with Gasteiger partial charge in [0.2, 0.25) is 11.7 Å². The number of hydrogen-bond acceptors (Lipinski definition) is 6. The molecule has 3 rings (SSSR count). The van der Waals surface area contributed by atoms with Crippen LogP contribution in [-0.2, 0) is 13.2 Å². The van der Waals surface area contributed by atoms with Crippen LogP contribution in [0, 0.1) is 0 Å². The van der Waals surface area contributed by atoms with E-state index in [1.807, 2.05) is 55.6 Å². The largest absolute Gasteiger partial charge is 0.496 e. The zero-order chi connectivity index (χ0) is 18.4. The van der Waals surface area contributed by atoms with Crippen molar-refractivity contribution in [3.05, 3.63) is 71.9 Å². The van der Waals surface area contributed by atoms with E-state index in [1.54, 1.807) is 7.11 Å². The van der Waals surface area contributed by atoms with Gasteiger partial charge in [0.15, 0.2) is 6.61 Å². The fourth-order valence-corrected chi connectivity index (χ4v) is 2.68. The first kappa shape index (κ1) is 17.9. The molecule has 0 aliphatic carbocycles. The van der Waals surface area contributed by atoms with Crippen molar-refractivity contribution in [2.24, 2.45) is 0 Å². The normalized spacial score (nSPS) is 12.2. The molecule has 1 aromatic heterocycles. The molecular formula is C20H23N3O3. The van der Waals surface area contributed by atoms with Gasteiger partial charge in [-0.3, -0.25) is 4.90 Å². The predicted octanol–water partition coefficient (Wildman–Crippen LogP) is 3.85. The van der Waals surface area contributed by atoms with E-state index in [0.717, 1.165) is 17.1 Å². The fraction of sp³-hybridized carbons (Fsp3) is 0.300. The van der Waals surface area contributed by atoms with Gasteiger partial charge in [0.05, 0.1) is 13.7 Å². The summed E-state index contributed by atoms with van der Waals surface area (Å²) in [6, 6.07) is 17.7. The lowest BCUT2D eigenvalue weighted by atomic mass is 10.1. The molecule has 0 aliphatic rings. The standard InChI is InChI=1S/C20H23N3O3/c1-15(17-11-7-8-12-18(17)24-3)23(2)13-20-21-19(22-26-20)14-25-16-9-5-4-6-10-16/h4-12,15H,13-14H2,1-3H3/t15-/m0/s1. The first-order valence-electron chi connectivity index (χ1n) is 8.50. The Bertz CT molecular complexity index is 820. The molecule has 0 fully saturated rings. The highest BCUT2D eigenvalue weighted by atomic mass is 16.5. The Balaban J connectivity index is 1.59. The zero-order valence-electron chi connectivity index (χ0n) is 15.3. The number of methoxy groups -OCH3 is 1. The maximum absolute atomic E-state index is 5.64. The van der Waals surface area contributed by atoms with Crippen molar-refractivity contribution < 1.29 is 14.0 Å². The van der Waals surface area contributed by atoms with E-state index < -0.39 is 0 Å². The summed E-state index contributed by atoms with van der Waals surface area (Å²) in [4.78, 5) is 6.54. The summed E-state index contributed by atoms with van der Waals surface area (Å²) in [5.41, 5.74) is 1.12. The van der Waals surface area contributed by atoms with Gasteiger partial charge in [-0.2, -0.15) is 4.98 Å². The SMILES string of the molecule is COc1ccccc1[C@H](C)N(C)Cc1nc(COc2ccccc2)no1. The van der Waals surface area contributed by atoms with E-state index in [1.165, 1.54) is 0 Å². The zero-order valence-corrected chi connectivity index (χ0v) is 15.3. The van der Waals surface area contributed by atoms with Crippen molar-refractivity contribution in [1.82, 2.24) is 15.0 Å². The van der Waals surface area contributed by atoms with Crippen LogP contribution in [0.15, 0.2) is 59.1 Å². The Labute approximate surface area is 153 Å². The Morgan fingerprint density at radius 3 is 2.58 bits per heavy atom. The lowest BCUT2D eigenvalue weighted by Gasteiger charge is -2.24. The number of para-hydroxylation sites is 2. The second-order valence-corrected chi connectivity index (χ2v) is 6.04. The summed E-state index contributed by atoms with van der Waals surface area (Å²) < 4.78 is 16.4. The summed E-state index contributed by atoms with van der Waals surface area (Å²) in [5.74, 6) is 2.73. The molecule has 6 nitrogen and oxygen atoms in total. The number of rotatable bonds is 8. The Morgan fingerprint density at radius 1 is 1.08 bits per heavy atom. The van der Waals surface area contributed by atoms with Gasteiger partial charge >= 0.3 is 0 Å². The second kappa shape index (κ2) is 8.49. The minimum absolute atomic E-state index is 0.141. The molecule has 26 heavy (non-hydrogen) atoms. The first-order chi connectivity index (χ1) is 12.7. The number of nitrogens with zero attached hydrogens (tertiary/aromatic N) is 3. The van der Waals surface area contributed by atoms with Gasteiger partial charge in [-0.25, -0.2) is 0 Å². The maximum Gasteiger partial charge on any atom is 0.240 e. The smallest absolute Gasteiger partial charge is 0.240 e. The van der Waals surface area contributed by atoms with Gasteiger partial charge in [-0.15, -0.1) is 0 Å². The molecule has 0 bridgehead atoms. The van der Waals surface area contributed by atoms with Crippen LogP contribution in [-0.4, -0.2) is 29.2 Å². The van der Waals surface area contributed by atoms with Crippen LogP contribution < -0.4 is 9.47 Å². The van der Waals surface area contributed by atoms with E-state index in [-0.39, 0.29) is 12.6 Å². The lowest BCUT2D eigenvalue weighted by Crippen LogP contribution is -2.22. The molecule has 136 valence electrons. The lowest BCUT2D eigenvalue weighted by molar-refractivity contribution is 0.212. The highest BCUT2D eigenvalue weighted by Crippen LogP contribution is 2.28. The molecule has 0 N–H and O–H groups in total. The van der Waals surface area contributed by atoms with Crippen LogP contribution in [0.1, 0.15) is 30.2 Å². The summed E-state index contributed by atoms with van der Waals surface area (Å²) in [5, 5.41) is 3.99. The van der Waals surface area contributed by atoms with E-state index >= 15 is 0 Å². The summed E-state index contributed by atoms with van der Waals surface area (Å²) in [6.45, 7) is 2.94. The monoisotopic (exact) mass is 353 g/mol. The third-order valence-corrected chi connectivity index (χ3v) is 4.26. The molecule has 0 radical (unpaired) electrons. The Morgan fingerprint density at radius 2 is 1.81 bits per heavy atom. The van der Waals surface area contributed by atoms with Crippen LogP contribution in [0.2, 0.25) is 0 Å². The van der Waals surface area contributed by atoms with Crippen LogP contribution in [0.4, 0.5) is 0 Å². The van der Waals surface area contributed by atoms with Gasteiger partial charge in [0.25, 0.3) is 0 Å². The number of aromatic nitrogens is 2. The van der Waals surface area contributed by atoms with Crippen molar-refractivity contribution in [3.8, 4) is 11.5 Å². The van der Waals surface area contributed by atoms with Crippen LogP contribution in [0.25, 0.3) is 0 Å². The average molecular weight is 353 g/mol. The third kappa shape index (κ3) is 4.40. The van der Waals surface area contributed by atoms with Crippen molar-refractivity contribution >= 4 is 0 Å². The number of hydrogen-bond donors (Lipinski definition) is 0. The molecule has 2 aromatic carbocycles. The number of ether oxygens (including phenoxy) is 2. The molecule has 0 amide bonds. The summed E-state index contributed by atoms with van der Waals surface area (Å²) in [7, 11) is 3.70. The van der Waals surface area contributed by atoms with Crippen LogP contribution in [0.5, 0.6) is 11.5 Å². The second-order valence-electron chi connectivity index (χ2n) is 6.04. The summed E-state index contributed by atoms with van der Waals surface area (Å²) in [6.07, 6.45) is 0. The molecule has 0 saturated carbocycles. The van der Waals surface area contributed by atoms with Gasteiger partial charge in [-0.1, -0.05) is 41.6 Å². The van der Waals surface area contributed by atoms with E-state index in [2.05, 4.69) is 28.0 Å². The van der Waals surface area contributed by atoms with Crippen molar-refractivity contribution in [1.29, 1.82) is 0 Å². The molecule has 0 aliphatic heterocycles. The highest BCUT2D eigenvalue weighted by molar-refractivity contribution is 5.35. The van der Waals surface area contributed by atoms with Crippen molar-refractivity contribution in [2.45, 2.75) is 26.1 Å². The van der Waals surface area contributed by atoms with E-state index in [0.29, 0.717) is 18.3 Å². The van der Waals surface area contributed by atoms with Gasteiger partial charge in [0, 0.05) is 11.6 Å². The average Bonchev–Trinajstić information content (AvgIpc) is 3.13. The quantitative estimate of drug-likeness (QED) is 0.613. The third-order valence-electron chi connectivity index (χ3n) is 4.26. The molecule has 3 aromatic rings. The van der Waals surface area contributed by atoms with Gasteiger partial charge in [-0.05, 0) is 32.2 Å².